The fourth-order valence-electron chi connectivity index (χ4n) is 0.909. The van der Waals surface area contributed by atoms with Crippen LogP contribution in [-0.2, 0) is 11.3 Å². The van der Waals surface area contributed by atoms with Crippen molar-refractivity contribution in [2.45, 2.75) is 13.0 Å². The molecular weight excluding hydrogens is 155 g/mol. The first-order valence-electron chi connectivity index (χ1n) is 4.05. The van der Waals surface area contributed by atoms with Crippen molar-refractivity contribution in [3.05, 3.63) is 48.6 Å². The van der Waals surface area contributed by atoms with E-state index in [1.165, 1.54) is 5.56 Å². The van der Waals surface area contributed by atoms with E-state index in [1.54, 1.807) is 0 Å². The fraction of sp³-hybridized carbons (Fsp3) is 0.273. The van der Waals surface area contributed by atoms with Gasteiger partial charge >= 0.3 is 18.9 Å². The van der Waals surface area contributed by atoms with Crippen molar-refractivity contribution >= 4 is 0 Å². The van der Waals surface area contributed by atoms with Gasteiger partial charge in [-0.15, -0.1) is 0 Å². The van der Waals surface area contributed by atoms with Crippen molar-refractivity contribution in [1.82, 2.24) is 0 Å². The Morgan fingerprint density at radius 2 is 1.92 bits per heavy atom. The van der Waals surface area contributed by atoms with Gasteiger partial charge in [0.2, 0.25) is 0 Å². The summed E-state index contributed by atoms with van der Waals surface area (Å²) in [5, 5.41) is 0. The largest absolute Gasteiger partial charge is 1.00 e. The van der Waals surface area contributed by atoms with Crippen LogP contribution in [0.3, 0.4) is 0 Å². The fourth-order valence-corrected chi connectivity index (χ4v) is 0.909. The second-order valence-corrected chi connectivity index (χ2v) is 2.54. The number of benzene rings is 1. The minimum atomic E-state index is 0. The normalized spacial score (nSPS) is 8.92. The molecule has 0 bridgehead atoms. The van der Waals surface area contributed by atoms with Crippen LogP contribution in [0.2, 0.25) is 0 Å². The van der Waals surface area contributed by atoms with Crippen LogP contribution in [0.1, 0.15) is 12.0 Å². The van der Waals surface area contributed by atoms with E-state index in [-0.39, 0.29) is 18.9 Å². The van der Waals surface area contributed by atoms with Gasteiger partial charge in [0, 0.05) is 6.61 Å². The number of hydrogen-bond donors (Lipinski definition) is 0. The first kappa shape index (κ1) is 12.5. The van der Waals surface area contributed by atoms with E-state index in [0.29, 0.717) is 13.2 Å². The Kier molecular flexibility index (Phi) is 7.83. The average Bonchev–Trinajstić information content (AvgIpc) is 2.14. The summed E-state index contributed by atoms with van der Waals surface area (Å²) in [5.74, 6) is 0. The second kappa shape index (κ2) is 8.13. The van der Waals surface area contributed by atoms with Gasteiger partial charge in [0.1, 0.15) is 0 Å². The standard InChI is InChI=1S/C11H13O.Li/c1-2-3-9-12-10-11-7-5-4-6-8-11;/h4-8H,1,3,9-10H2;/q-1;+1. The summed E-state index contributed by atoms with van der Waals surface area (Å²) in [6.45, 7) is 4.89. The molecule has 0 aliphatic rings. The molecule has 1 rings (SSSR count). The smallest absolute Gasteiger partial charge is 0.502 e. The van der Waals surface area contributed by atoms with Crippen LogP contribution in [0.25, 0.3) is 0 Å². The molecule has 0 fully saturated rings. The molecule has 0 radical (unpaired) electrons. The molecule has 0 aliphatic carbocycles. The molecule has 2 heteroatoms. The van der Waals surface area contributed by atoms with Crippen molar-refractivity contribution < 1.29 is 23.6 Å². The minimum Gasteiger partial charge on any atom is -0.502 e. The zero-order valence-electron chi connectivity index (χ0n) is 8.12. The third-order valence-electron chi connectivity index (χ3n) is 1.53. The van der Waals surface area contributed by atoms with Gasteiger partial charge in [-0.3, -0.25) is 6.58 Å². The van der Waals surface area contributed by atoms with Crippen LogP contribution in [0, 0.1) is 6.08 Å². The Hall–Kier alpha value is -0.483. The molecule has 0 saturated carbocycles. The summed E-state index contributed by atoms with van der Waals surface area (Å²) in [6.07, 6.45) is 3.58. The Bertz CT molecular complexity index is 221. The van der Waals surface area contributed by atoms with Gasteiger partial charge < -0.3 is 10.8 Å². The molecule has 1 aromatic carbocycles. The number of ether oxygens (including phenoxy) is 1. The Labute approximate surface area is 92.0 Å². The summed E-state index contributed by atoms with van der Waals surface area (Å²) in [7, 11) is 0. The summed E-state index contributed by atoms with van der Waals surface area (Å²) >= 11 is 0. The van der Waals surface area contributed by atoms with Crippen LogP contribution in [-0.4, -0.2) is 6.61 Å². The van der Waals surface area contributed by atoms with Gasteiger partial charge in [-0.25, -0.2) is 0 Å². The van der Waals surface area contributed by atoms with Crippen molar-refractivity contribution in [2.24, 2.45) is 0 Å². The topological polar surface area (TPSA) is 9.23 Å². The first-order valence-corrected chi connectivity index (χ1v) is 4.05. The predicted octanol–water partition coefficient (Wildman–Crippen LogP) is -0.414. The second-order valence-electron chi connectivity index (χ2n) is 2.54. The monoisotopic (exact) mass is 168 g/mol. The Morgan fingerprint density at radius 3 is 2.54 bits per heavy atom. The molecule has 0 atom stereocenters. The molecule has 0 N–H and O–H groups in total. The van der Waals surface area contributed by atoms with Gasteiger partial charge in [-0.05, 0) is 5.56 Å². The zero-order valence-corrected chi connectivity index (χ0v) is 8.12. The van der Waals surface area contributed by atoms with Crippen LogP contribution in [0.5, 0.6) is 0 Å². The van der Waals surface area contributed by atoms with Crippen molar-refractivity contribution in [2.75, 3.05) is 6.61 Å². The number of rotatable bonds is 5. The molecule has 0 amide bonds. The van der Waals surface area contributed by atoms with E-state index >= 15 is 0 Å². The van der Waals surface area contributed by atoms with Crippen LogP contribution < -0.4 is 18.9 Å². The first-order chi connectivity index (χ1) is 5.93. The third-order valence-corrected chi connectivity index (χ3v) is 1.53. The van der Waals surface area contributed by atoms with E-state index in [4.69, 9.17) is 4.74 Å². The van der Waals surface area contributed by atoms with E-state index in [9.17, 15) is 0 Å². The Balaban J connectivity index is 0.00000144. The van der Waals surface area contributed by atoms with E-state index < -0.39 is 0 Å². The Morgan fingerprint density at radius 1 is 1.23 bits per heavy atom. The molecule has 0 saturated heterocycles. The molecule has 1 nitrogen and oxygen atoms in total. The van der Waals surface area contributed by atoms with Gasteiger partial charge in [0.25, 0.3) is 0 Å². The maximum Gasteiger partial charge on any atom is 1.00 e. The average molecular weight is 168 g/mol. The summed E-state index contributed by atoms with van der Waals surface area (Å²) in [4.78, 5) is 0. The molecule has 0 aromatic heterocycles. The molecule has 0 spiro atoms. The van der Waals surface area contributed by atoms with Gasteiger partial charge in [-0.1, -0.05) is 30.3 Å². The zero-order chi connectivity index (χ0) is 8.65. The maximum absolute atomic E-state index is 5.36. The van der Waals surface area contributed by atoms with E-state index in [2.05, 4.69) is 24.8 Å². The molecule has 0 aliphatic heterocycles. The summed E-state index contributed by atoms with van der Waals surface area (Å²) in [5.41, 5.74) is 1.21. The van der Waals surface area contributed by atoms with Gasteiger partial charge in [-0.2, -0.15) is 6.42 Å². The SMILES string of the molecule is C=[C-]CCOCc1ccccc1.[Li+]. The van der Waals surface area contributed by atoms with Crippen molar-refractivity contribution in [3.8, 4) is 0 Å². The van der Waals surface area contributed by atoms with E-state index in [0.717, 1.165) is 6.42 Å². The van der Waals surface area contributed by atoms with Crippen LogP contribution in [0.4, 0.5) is 0 Å². The minimum absolute atomic E-state index is 0. The van der Waals surface area contributed by atoms with E-state index in [1.807, 2.05) is 18.2 Å². The number of hydrogen-bond acceptors (Lipinski definition) is 1. The maximum atomic E-state index is 5.36. The summed E-state index contributed by atoms with van der Waals surface area (Å²) in [6, 6.07) is 10.1. The molecular formula is C11H13LiO. The summed E-state index contributed by atoms with van der Waals surface area (Å²) < 4.78 is 5.36. The van der Waals surface area contributed by atoms with Gasteiger partial charge in [0.15, 0.2) is 0 Å². The molecule has 1 aromatic rings. The van der Waals surface area contributed by atoms with Crippen molar-refractivity contribution in [1.29, 1.82) is 0 Å². The van der Waals surface area contributed by atoms with Crippen molar-refractivity contribution in [3.63, 3.8) is 0 Å². The quantitative estimate of drug-likeness (QED) is 0.330. The van der Waals surface area contributed by atoms with Gasteiger partial charge in [0.05, 0.1) is 6.61 Å². The molecule has 0 heterocycles. The third kappa shape index (κ3) is 5.71. The molecule has 13 heavy (non-hydrogen) atoms. The molecule has 64 valence electrons. The van der Waals surface area contributed by atoms with Crippen LogP contribution >= 0.6 is 0 Å². The van der Waals surface area contributed by atoms with Crippen LogP contribution in [0.15, 0.2) is 36.9 Å². The molecule has 0 unspecified atom stereocenters. The predicted molar refractivity (Wildman–Crippen MR) is 49.6 cm³/mol.